The molecule has 4 atom stereocenters. The van der Waals surface area contributed by atoms with Crippen LogP contribution in [0.4, 0.5) is 0 Å². The van der Waals surface area contributed by atoms with Gasteiger partial charge >= 0.3 is 0 Å². The van der Waals surface area contributed by atoms with Gasteiger partial charge in [-0.25, -0.2) is 0 Å². The Kier molecular flexibility index (Phi) is 1.97. The van der Waals surface area contributed by atoms with Crippen molar-refractivity contribution in [3.05, 3.63) is 0 Å². The Morgan fingerprint density at radius 3 is 2.00 bits per heavy atom. The molecule has 0 amide bonds. The van der Waals surface area contributed by atoms with Crippen LogP contribution < -0.4 is 0 Å². The first kappa shape index (κ1) is 8.59. The third kappa shape index (κ3) is 1.20. The van der Waals surface area contributed by atoms with Crippen LogP contribution in [0.3, 0.4) is 0 Å². The van der Waals surface area contributed by atoms with Gasteiger partial charge in [-0.1, -0.05) is 27.7 Å². The fourth-order valence-corrected chi connectivity index (χ4v) is 3.54. The minimum Gasteiger partial charge on any atom is -0.0625 e. The molecule has 2 fully saturated rings. The molecular weight excluding hydrogens is 144 g/mol. The van der Waals surface area contributed by atoms with Crippen LogP contribution in [-0.4, -0.2) is 0 Å². The summed E-state index contributed by atoms with van der Waals surface area (Å²) in [6, 6.07) is 0. The maximum atomic E-state index is 2.42. The molecule has 0 radical (unpaired) electrons. The van der Waals surface area contributed by atoms with E-state index in [0.29, 0.717) is 0 Å². The van der Waals surface area contributed by atoms with Gasteiger partial charge in [0.1, 0.15) is 0 Å². The molecule has 3 unspecified atom stereocenters. The molecule has 0 aromatic carbocycles. The summed E-state index contributed by atoms with van der Waals surface area (Å²) < 4.78 is 0. The van der Waals surface area contributed by atoms with Gasteiger partial charge in [-0.2, -0.15) is 0 Å². The van der Waals surface area contributed by atoms with E-state index in [9.17, 15) is 0 Å². The summed E-state index contributed by atoms with van der Waals surface area (Å²) in [7, 11) is 0. The van der Waals surface area contributed by atoms with Crippen molar-refractivity contribution in [2.24, 2.45) is 35.5 Å². The highest BCUT2D eigenvalue weighted by Crippen LogP contribution is 2.61. The smallest absolute Gasteiger partial charge is 0.0329 e. The molecule has 2 aliphatic rings. The van der Waals surface area contributed by atoms with Gasteiger partial charge in [-0.05, 0) is 48.3 Å². The van der Waals surface area contributed by atoms with Crippen LogP contribution in [0.2, 0.25) is 0 Å². The molecule has 0 aromatic rings. The lowest BCUT2D eigenvalue weighted by Gasteiger charge is -2.29. The summed E-state index contributed by atoms with van der Waals surface area (Å²) in [6.45, 7) is 9.65. The highest BCUT2D eigenvalue weighted by Gasteiger charge is 2.54. The summed E-state index contributed by atoms with van der Waals surface area (Å²) in [6.07, 6.45) is 3.11. The minimum absolute atomic E-state index is 0.921. The highest BCUT2D eigenvalue weighted by molar-refractivity contribution is 5.03. The van der Waals surface area contributed by atoms with Gasteiger partial charge in [0.25, 0.3) is 0 Å². The molecular formula is C12H22. The molecule has 0 N–H and O–H groups in total. The zero-order chi connectivity index (χ0) is 8.88. The maximum absolute atomic E-state index is 2.42. The molecule has 0 aliphatic heterocycles. The Labute approximate surface area is 76.7 Å². The second-order valence-electron chi connectivity index (χ2n) is 5.62. The highest BCUT2D eigenvalue weighted by atomic mass is 14.6. The average Bonchev–Trinajstić information content (AvgIpc) is 2.60. The van der Waals surface area contributed by atoms with E-state index in [4.69, 9.17) is 0 Å². The predicted octanol–water partition coefficient (Wildman–Crippen LogP) is 3.57. The monoisotopic (exact) mass is 166 g/mol. The zero-order valence-electron chi connectivity index (χ0n) is 8.88. The van der Waals surface area contributed by atoms with Crippen molar-refractivity contribution in [3.63, 3.8) is 0 Å². The van der Waals surface area contributed by atoms with Gasteiger partial charge in [0.15, 0.2) is 0 Å². The molecule has 70 valence electrons. The van der Waals surface area contributed by atoms with Crippen molar-refractivity contribution in [2.45, 2.75) is 40.5 Å². The van der Waals surface area contributed by atoms with E-state index in [1.165, 1.54) is 0 Å². The Hall–Kier alpha value is 0. The van der Waals surface area contributed by atoms with E-state index in [1.54, 1.807) is 12.8 Å². The normalized spacial score (nSPS) is 45.5. The van der Waals surface area contributed by atoms with Crippen LogP contribution in [0.1, 0.15) is 40.5 Å². The lowest BCUT2D eigenvalue weighted by atomic mass is 9.77. The van der Waals surface area contributed by atoms with Gasteiger partial charge in [0, 0.05) is 0 Å². The van der Waals surface area contributed by atoms with E-state index < -0.39 is 0 Å². The number of hydrogen-bond donors (Lipinski definition) is 0. The molecule has 0 nitrogen and oxygen atoms in total. The topological polar surface area (TPSA) is 0 Å². The fraction of sp³-hybridized carbons (Fsp3) is 1.00. The van der Waals surface area contributed by atoms with Crippen molar-refractivity contribution in [1.82, 2.24) is 0 Å². The fourth-order valence-electron chi connectivity index (χ4n) is 3.54. The van der Waals surface area contributed by atoms with Crippen LogP contribution in [0, 0.1) is 35.5 Å². The van der Waals surface area contributed by atoms with Crippen LogP contribution in [0.15, 0.2) is 0 Å². The first-order chi connectivity index (χ1) is 5.61. The van der Waals surface area contributed by atoms with E-state index in [-0.39, 0.29) is 0 Å². The molecule has 0 heteroatoms. The minimum atomic E-state index is 0.921. The van der Waals surface area contributed by atoms with Gasteiger partial charge in [-0.15, -0.1) is 0 Å². The lowest BCUT2D eigenvalue weighted by Crippen LogP contribution is -2.22. The number of hydrogen-bond acceptors (Lipinski definition) is 0. The number of fused-ring (bicyclic) bond motifs is 1. The van der Waals surface area contributed by atoms with Crippen molar-refractivity contribution in [2.75, 3.05) is 0 Å². The first-order valence-electron chi connectivity index (χ1n) is 5.61. The standard InChI is InChI=1S/C12H22/c1-7(2)10-5-9-6-11(9)12(10)8(3)4/h7-12H,5-6H2,1-4H3/t9-,10?,11?,12?/m0/s1. The van der Waals surface area contributed by atoms with Gasteiger partial charge in [0.05, 0.1) is 0 Å². The molecule has 2 saturated carbocycles. The molecule has 2 rings (SSSR count). The quantitative estimate of drug-likeness (QED) is 0.588. The summed E-state index contributed by atoms with van der Waals surface area (Å²) in [5, 5.41) is 0. The van der Waals surface area contributed by atoms with Gasteiger partial charge < -0.3 is 0 Å². The average molecular weight is 166 g/mol. The second-order valence-corrected chi connectivity index (χ2v) is 5.62. The Bertz CT molecular complexity index is 169. The largest absolute Gasteiger partial charge is 0.0625 e. The molecule has 0 saturated heterocycles. The SMILES string of the molecule is CC(C)C1C[C@H]2CC2C1C(C)C. The van der Waals surface area contributed by atoms with Crippen LogP contribution >= 0.6 is 0 Å². The summed E-state index contributed by atoms with van der Waals surface area (Å²) in [4.78, 5) is 0. The number of rotatable bonds is 2. The van der Waals surface area contributed by atoms with E-state index >= 15 is 0 Å². The van der Waals surface area contributed by atoms with Crippen LogP contribution in [0.5, 0.6) is 0 Å². The third-order valence-electron chi connectivity index (χ3n) is 4.17. The summed E-state index contributed by atoms with van der Waals surface area (Å²) in [5.74, 6) is 6.24. The Morgan fingerprint density at radius 2 is 1.58 bits per heavy atom. The van der Waals surface area contributed by atoms with Gasteiger partial charge in [-0.3, -0.25) is 0 Å². The molecule has 12 heavy (non-hydrogen) atoms. The Morgan fingerprint density at radius 1 is 0.917 bits per heavy atom. The second kappa shape index (κ2) is 2.75. The van der Waals surface area contributed by atoms with Crippen LogP contribution in [-0.2, 0) is 0 Å². The molecule has 2 aliphatic carbocycles. The van der Waals surface area contributed by atoms with Crippen molar-refractivity contribution < 1.29 is 0 Å². The predicted molar refractivity (Wildman–Crippen MR) is 52.9 cm³/mol. The first-order valence-corrected chi connectivity index (χ1v) is 5.61. The van der Waals surface area contributed by atoms with Crippen molar-refractivity contribution >= 4 is 0 Å². The maximum Gasteiger partial charge on any atom is -0.0329 e. The van der Waals surface area contributed by atoms with Crippen molar-refractivity contribution in [1.29, 1.82) is 0 Å². The molecule has 0 bridgehead atoms. The van der Waals surface area contributed by atoms with E-state index in [1.807, 2.05) is 0 Å². The van der Waals surface area contributed by atoms with E-state index in [2.05, 4.69) is 27.7 Å². The molecule has 0 spiro atoms. The van der Waals surface area contributed by atoms with Crippen molar-refractivity contribution in [3.8, 4) is 0 Å². The van der Waals surface area contributed by atoms with Crippen LogP contribution in [0.25, 0.3) is 0 Å². The third-order valence-corrected chi connectivity index (χ3v) is 4.17. The zero-order valence-corrected chi connectivity index (χ0v) is 8.88. The van der Waals surface area contributed by atoms with E-state index in [0.717, 1.165) is 35.5 Å². The summed E-state index contributed by atoms with van der Waals surface area (Å²) in [5.41, 5.74) is 0. The molecule has 0 aromatic heterocycles. The lowest BCUT2D eigenvalue weighted by molar-refractivity contribution is 0.201. The van der Waals surface area contributed by atoms with Gasteiger partial charge in [0.2, 0.25) is 0 Å². The molecule has 0 heterocycles. The Balaban J connectivity index is 2.06. The summed E-state index contributed by atoms with van der Waals surface area (Å²) >= 11 is 0.